The van der Waals surface area contributed by atoms with Gasteiger partial charge in [0.2, 0.25) is 0 Å². The minimum absolute atomic E-state index is 0.00637. The molecule has 0 saturated carbocycles. The molecule has 0 aliphatic carbocycles. The first kappa shape index (κ1) is 20.3. The lowest BCUT2D eigenvalue weighted by molar-refractivity contribution is 0.0526. The van der Waals surface area contributed by atoms with E-state index in [0.717, 1.165) is 52.3 Å². The second-order valence-corrected chi connectivity index (χ2v) is 8.69. The molecule has 1 saturated heterocycles. The number of nitrogens with one attached hydrogen (secondary N) is 1. The number of amides is 1. The molecule has 1 aliphatic rings. The number of hydrogen-bond acceptors (Lipinski definition) is 6. The quantitative estimate of drug-likeness (QED) is 0.624. The summed E-state index contributed by atoms with van der Waals surface area (Å²) in [5.74, 6) is -0.359. The van der Waals surface area contributed by atoms with Crippen molar-refractivity contribution >= 4 is 39.8 Å². The number of esters is 1. The number of ether oxygens (including phenoxy) is 1. The van der Waals surface area contributed by atoms with Crippen LogP contribution in [0.5, 0.6) is 0 Å². The van der Waals surface area contributed by atoms with Crippen molar-refractivity contribution in [1.29, 1.82) is 0 Å². The molecule has 0 unspecified atom stereocenters. The third-order valence-corrected chi connectivity index (χ3v) is 6.35. The van der Waals surface area contributed by atoms with E-state index in [9.17, 15) is 9.59 Å². The first-order valence-corrected chi connectivity index (χ1v) is 11.1. The van der Waals surface area contributed by atoms with E-state index in [1.54, 1.807) is 13.1 Å². The van der Waals surface area contributed by atoms with Crippen LogP contribution < -0.4 is 10.2 Å². The van der Waals surface area contributed by atoms with Crippen LogP contribution in [0.25, 0.3) is 10.9 Å². The van der Waals surface area contributed by atoms with Gasteiger partial charge in [0.05, 0.1) is 22.7 Å². The highest BCUT2D eigenvalue weighted by Crippen LogP contribution is 2.32. The lowest BCUT2D eigenvalue weighted by Crippen LogP contribution is -2.45. The van der Waals surface area contributed by atoms with Crippen molar-refractivity contribution in [2.45, 2.75) is 32.7 Å². The van der Waals surface area contributed by atoms with Gasteiger partial charge < -0.3 is 15.0 Å². The molecule has 0 bridgehead atoms. The van der Waals surface area contributed by atoms with Gasteiger partial charge in [0, 0.05) is 35.6 Å². The van der Waals surface area contributed by atoms with Gasteiger partial charge in [0.25, 0.3) is 5.91 Å². The molecule has 156 valence electrons. The van der Waals surface area contributed by atoms with Crippen LogP contribution in [-0.4, -0.2) is 42.6 Å². The summed E-state index contributed by atoms with van der Waals surface area (Å²) in [6.45, 7) is 5.61. The molecule has 4 rings (SSSR count). The number of pyridine rings is 1. The topological polar surface area (TPSA) is 71.5 Å². The summed E-state index contributed by atoms with van der Waals surface area (Å²) in [5.41, 5.74) is 2.22. The van der Waals surface area contributed by atoms with Gasteiger partial charge in [0.1, 0.15) is 5.56 Å². The SMILES string of the molecule is CCOC(=O)c1cnc2ccccc2c1N1CCC(NC(=O)c2ccc(C)s2)CC1. The molecule has 1 amide bonds. The second-order valence-electron chi connectivity index (χ2n) is 7.40. The Bertz CT molecular complexity index is 1070. The average Bonchev–Trinajstić information content (AvgIpc) is 3.20. The van der Waals surface area contributed by atoms with E-state index in [-0.39, 0.29) is 17.9 Å². The van der Waals surface area contributed by atoms with Gasteiger partial charge in [-0.15, -0.1) is 11.3 Å². The highest BCUT2D eigenvalue weighted by Gasteiger charge is 2.26. The van der Waals surface area contributed by atoms with Crippen molar-refractivity contribution in [1.82, 2.24) is 10.3 Å². The number of anilines is 1. The zero-order valence-corrected chi connectivity index (χ0v) is 18.0. The Kier molecular flexibility index (Phi) is 5.99. The number of carbonyl (C=O) groups excluding carboxylic acids is 2. The predicted molar refractivity (Wildman–Crippen MR) is 119 cm³/mol. The molecule has 1 aliphatic heterocycles. The van der Waals surface area contributed by atoms with Crippen LogP contribution in [0, 0.1) is 6.92 Å². The highest BCUT2D eigenvalue weighted by atomic mass is 32.1. The summed E-state index contributed by atoms with van der Waals surface area (Å²) >= 11 is 1.51. The molecule has 0 radical (unpaired) electrons. The average molecular weight is 424 g/mol. The van der Waals surface area contributed by atoms with Gasteiger partial charge in [-0.3, -0.25) is 9.78 Å². The highest BCUT2D eigenvalue weighted by molar-refractivity contribution is 7.13. The van der Waals surface area contributed by atoms with Gasteiger partial charge in [-0.1, -0.05) is 18.2 Å². The molecule has 3 aromatic rings. The van der Waals surface area contributed by atoms with Crippen molar-refractivity contribution < 1.29 is 14.3 Å². The fraction of sp³-hybridized carbons (Fsp3) is 0.348. The molecule has 0 spiro atoms. The summed E-state index contributed by atoms with van der Waals surface area (Å²) in [6, 6.07) is 11.8. The Hall–Kier alpha value is -2.93. The third kappa shape index (κ3) is 4.16. The molecular weight excluding hydrogens is 398 g/mol. The lowest BCUT2D eigenvalue weighted by atomic mass is 10.0. The number of para-hydroxylation sites is 1. The van der Waals surface area contributed by atoms with E-state index in [4.69, 9.17) is 4.74 Å². The number of piperidine rings is 1. The van der Waals surface area contributed by atoms with Crippen molar-refractivity contribution in [2.75, 3.05) is 24.6 Å². The summed E-state index contributed by atoms with van der Waals surface area (Å²) < 4.78 is 5.27. The third-order valence-electron chi connectivity index (χ3n) is 5.35. The first-order valence-electron chi connectivity index (χ1n) is 10.2. The van der Waals surface area contributed by atoms with E-state index in [0.29, 0.717) is 12.2 Å². The van der Waals surface area contributed by atoms with Crippen LogP contribution in [-0.2, 0) is 4.74 Å². The van der Waals surface area contributed by atoms with Crippen LogP contribution in [0.2, 0.25) is 0 Å². The number of aromatic nitrogens is 1. The van der Waals surface area contributed by atoms with Gasteiger partial charge in [-0.2, -0.15) is 0 Å². The normalized spacial score (nSPS) is 14.7. The van der Waals surface area contributed by atoms with Crippen LogP contribution in [0.15, 0.2) is 42.6 Å². The number of rotatable bonds is 5. The maximum Gasteiger partial charge on any atom is 0.341 e. The van der Waals surface area contributed by atoms with E-state index < -0.39 is 0 Å². The van der Waals surface area contributed by atoms with Crippen LogP contribution in [0.4, 0.5) is 5.69 Å². The monoisotopic (exact) mass is 423 g/mol. The minimum atomic E-state index is -0.353. The Morgan fingerprint density at radius 3 is 2.67 bits per heavy atom. The fourth-order valence-corrected chi connectivity index (χ4v) is 4.66. The molecule has 6 nitrogen and oxygen atoms in total. The van der Waals surface area contributed by atoms with Crippen LogP contribution >= 0.6 is 11.3 Å². The first-order chi connectivity index (χ1) is 14.6. The van der Waals surface area contributed by atoms with Crippen molar-refractivity contribution in [3.63, 3.8) is 0 Å². The molecule has 1 N–H and O–H groups in total. The molecular formula is C23H25N3O3S. The molecule has 7 heteroatoms. The number of fused-ring (bicyclic) bond motifs is 1. The van der Waals surface area contributed by atoms with E-state index in [1.807, 2.05) is 43.3 Å². The number of benzene rings is 1. The molecule has 1 aromatic carbocycles. The van der Waals surface area contributed by atoms with Crippen LogP contribution in [0.3, 0.4) is 0 Å². The summed E-state index contributed by atoms with van der Waals surface area (Å²) in [6.07, 6.45) is 3.24. The van der Waals surface area contributed by atoms with E-state index in [1.165, 1.54) is 11.3 Å². The van der Waals surface area contributed by atoms with Gasteiger partial charge in [-0.25, -0.2) is 4.79 Å². The predicted octanol–water partition coefficient (Wildman–Crippen LogP) is 4.18. The van der Waals surface area contributed by atoms with Crippen molar-refractivity contribution in [2.24, 2.45) is 0 Å². The summed E-state index contributed by atoms with van der Waals surface area (Å²) in [4.78, 5) is 33.6. The Labute approximate surface area is 179 Å². The smallest absolute Gasteiger partial charge is 0.341 e. The Morgan fingerprint density at radius 2 is 1.97 bits per heavy atom. The van der Waals surface area contributed by atoms with E-state index >= 15 is 0 Å². The standard InChI is InChI=1S/C23H25N3O3S/c1-3-29-23(28)18-14-24-19-7-5-4-6-17(19)21(18)26-12-10-16(11-13-26)25-22(27)20-9-8-15(2)30-20/h4-9,14,16H,3,10-13H2,1-2H3,(H,25,27). The molecule has 1 fully saturated rings. The van der Waals surface area contributed by atoms with E-state index in [2.05, 4.69) is 15.2 Å². The largest absolute Gasteiger partial charge is 0.462 e. The number of aryl methyl sites for hydroxylation is 1. The maximum absolute atomic E-state index is 12.6. The molecule has 0 atom stereocenters. The van der Waals surface area contributed by atoms with Crippen molar-refractivity contribution in [3.05, 3.63) is 57.9 Å². The molecule has 2 aromatic heterocycles. The van der Waals surface area contributed by atoms with Gasteiger partial charge in [0.15, 0.2) is 0 Å². The number of carbonyl (C=O) groups is 2. The zero-order valence-electron chi connectivity index (χ0n) is 17.2. The number of hydrogen-bond donors (Lipinski definition) is 1. The second kappa shape index (κ2) is 8.83. The molecule has 3 heterocycles. The lowest BCUT2D eigenvalue weighted by Gasteiger charge is -2.35. The summed E-state index contributed by atoms with van der Waals surface area (Å²) in [7, 11) is 0. The maximum atomic E-state index is 12.6. The number of thiophene rings is 1. The Morgan fingerprint density at radius 1 is 1.20 bits per heavy atom. The van der Waals surface area contributed by atoms with Crippen LogP contribution in [0.1, 0.15) is 44.7 Å². The van der Waals surface area contributed by atoms with Gasteiger partial charge >= 0.3 is 5.97 Å². The van der Waals surface area contributed by atoms with Crippen molar-refractivity contribution in [3.8, 4) is 0 Å². The number of nitrogens with zero attached hydrogens (tertiary/aromatic N) is 2. The minimum Gasteiger partial charge on any atom is -0.462 e. The Balaban J connectivity index is 1.53. The van der Waals surface area contributed by atoms with Gasteiger partial charge in [-0.05, 0) is 44.9 Å². The fourth-order valence-electron chi connectivity index (χ4n) is 3.89. The molecule has 30 heavy (non-hydrogen) atoms. The zero-order chi connectivity index (χ0) is 21.1. The summed E-state index contributed by atoms with van der Waals surface area (Å²) in [5, 5.41) is 4.10.